The summed E-state index contributed by atoms with van der Waals surface area (Å²) in [5.74, 6) is 0.616. The molecule has 0 unspecified atom stereocenters. The zero-order valence-corrected chi connectivity index (χ0v) is 15.2. The maximum atomic E-state index is 12.5. The molecule has 2 aromatic rings. The fourth-order valence-corrected chi connectivity index (χ4v) is 2.78. The number of rotatable bonds is 6. The van der Waals surface area contributed by atoms with Crippen molar-refractivity contribution >= 4 is 5.91 Å². The van der Waals surface area contributed by atoms with Crippen LogP contribution in [0.1, 0.15) is 48.6 Å². The van der Waals surface area contributed by atoms with Gasteiger partial charge in [0.05, 0.1) is 6.04 Å². The van der Waals surface area contributed by atoms with Gasteiger partial charge in [0.1, 0.15) is 5.75 Å². The van der Waals surface area contributed by atoms with E-state index in [-0.39, 0.29) is 11.9 Å². The van der Waals surface area contributed by atoms with E-state index in [1.54, 1.807) is 6.92 Å². The summed E-state index contributed by atoms with van der Waals surface area (Å²) in [4.78, 5) is 12.5. The van der Waals surface area contributed by atoms with E-state index in [0.29, 0.717) is 5.75 Å². The first-order valence-electron chi connectivity index (χ1n) is 8.51. The van der Waals surface area contributed by atoms with Gasteiger partial charge in [-0.25, -0.2) is 0 Å². The predicted molar refractivity (Wildman–Crippen MR) is 98.4 cm³/mol. The molecule has 2 aromatic carbocycles. The van der Waals surface area contributed by atoms with Crippen molar-refractivity contribution < 1.29 is 9.53 Å². The van der Waals surface area contributed by atoms with Crippen LogP contribution < -0.4 is 10.1 Å². The van der Waals surface area contributed by atoms with Gasteiger partial charge in [-0.1, -0.05) is 48.4 Å². The van der Waals surface area contributed by atoms with Crippen molar-refractivity contribution in [2.75, 3.05) is 0 Å². The summed E-state index contributed by atoms with van der Waals surface area (Å²) >= 11 is 0. The van der Waals surface area contributed by atoms with Gasteiger partial charge in [-0.3, -0.25) is 4.79 Å². The Hall–Kier alpha value is -2.29. The van der Waals surface area contributed by atoms with Gasteiger partial charge >= 0.3 is 0 Å². The van der Waals surface area contributed by atoms with Gasteiger partial charge in [-0.05, 0) is 57.4 Å². The van der Waals surface area contributed by atoms with Crippen molar-refractivity contribution in [2.45, 2.75) is 53.2 Å². The standard InChI is InChI=1S/C21H27NO2/c1-6-20(19-12-9-15(3)13-16(19)4)22-21(23)17(5)24-18-10-7-14(2)8-11-18/h7-13,17,20H,6H2,1-5H3,(H,22,23)/t17-,20-/m0/s1. The molecule has 0 radical (unpaired) electrons. The number of hydrogen-bond acceptors (Lipinski definition) is 2. The molecule has 2 rings (SSSR count). The second kappa shape index (κ2) is 8.00. The molecule has 0 spiro atoms. The lowest BCUT2D eigenvalue weighted by Crippen LogP contribution is -2.38. The highest BCUT2D eigenvalue weighted by Gasteiger charge is 2.20. The Kier molecular flexibility index (Phi) is 6.02. The molecule has 0 fully saturated rings. The van der Waals surface area contributed by atoms with Crippen molar-refractivity contribution in [3.63, 3.8) is 0 Å². The van der Waals surface area contributed by atoms with Crippen LogP contribution in [0.4, 0.5) is 0 Å². The molecule has 0 aliphatic rings. The fraction of sp³-hybridized carbons (Fsp3) is 0.381. The van der Waals surface area contributed by atoms with Crippen LogP contribution in [0.15, 0.2) is 42.5 Å². The van der Waals surface area contributed by atoms with Gasteiger partial charge < -0.3 is 10.1 Å². The molecule has 0 aromatic heterocycles. The molecular formula is C21H27NO2. The van der Waals surface area contributed by atoms with Crippen molar-refractivity contribution in [1.82, 2.24) is 5.32 Å². The van der Waals surface area contributed by atoms with E-state index in [0.717, 1.165) is 6.42 Å². The van der Waals surface area contributed by atoms with Gasteiger partial charge in [0.25, 0.3) is 5.91 Å². The Morgan fingerprint density at radius 3 is 2.25 bits per heavy atom. The molecule has 2 atom stereocenters. The van der Waals surface area contributed by atoms with E-state index < -0.39 is 6.10 Å². The number of benzene rings is 2. The summed E-state index contributed by atoms with van der Waals surface area (Å²) in [6.07, 6.45) is 0.305. The van der Waals surface area contributed by atoms with Crippen LogP contribution >= 0.6 is 0 Å². The van der Waals surface area contributed by atoms with Gasteiger partial charge in [0.2, 0.25) is 0 Å². The second-order valence-electron chi connectivity index (χ2n) is 6.40. The molecule has 3 nitrogen and oxygen atoms in total. The molecular weight excluding hydrogens is 298 g/mol. The molecule has 3 heteroatoms. The molecule has 0 aliphatic carbocycles. The average molecular weight is 325 g/mol. The summed E-state index contributed by atoms with van der Waals surface area (Å²) in [5, 5.41) is 3.11. The number of hydrogen-bond donors (Lipinski definition) is 1. The maximum Gasteiger partial charge on any atom is 0.261 e. The van der Waals surface area contributed by atoms with Crippen LogP contribution in [0.25, 0.3) is 0 Å². The molecule has 1 amide bonds. The van der Waals surface area contributed by atoms with E-state index in [4.69, 9.17) is 4.74 Å². The van der Waals surface area contributed by atoms with E-state index in [1.807, 2.05) is 31.2 Å². The third kappa shape index (κ3) is 4.60. The Balaban J connectivity index is 2.04. The van der Waals surface area contributed by atoms with Crippen LogP contribution in [0.3, 0.4) is 0 Å². The zero-order chi connectivity index (χ0) is 17.7. The van der Waals surface area contributed by atoms with E-state index in [1.165, 1.54) is 22.3 Å². The number of amides is 1. The van der Waals surface area contributed by atoms with Crippen LogP contribution in [-0.2, 0) is 4.79 Å². The first kappa shape index (κ1) is 18.1. The van der Waals surface area contributed by atoms with E-state index >= 15 is 0 Å². The third-order valence-electron chi connectivity index (χ3n) is 4.23. The average Bonchev–Trinajstić information content (AvgIpc) is 2.55. The van der Waals surface area contributed by atoms with Gasteiger partial charge in [0, 0.05) is 0 Å². The Morgan fingerprint density at radius 1 is 1.04 bits per heavy atom. The number of carbonyl (C=O) groups is 1. The Bertz CT molecular complexity index is 691. The highest BCUT2D eigenvalue weighted by atomic mass is 16.5. The molecule has 128 valence electrons. The number of aryl methyl sites for hydroxylation is 3. The number of ether oxygens (including phenoxy) is 1. The Labute approximate surface area is 145 Å². The number of nitrogens with one attached hydrogen (secondary N) is 1. The Morgan fingerprint density at radius 2 is 1.67 bits per heavy atom. The summed E-state index contributed by atoms with van der Waals surface area (Å²) in [7, 11) is 0. The van der Waals surface area contributed by atoms with Crippen molar-refractivity contribution in [3.8, 4) is 5.75 Å². The lowest BCUT2D eigenvalue weighted by molar-refractivity contribution is -0.128. The molecule has 24 heavy (non-hydrogen) atoms. The predicted octanol–water partition coefficient (Wildman–Crippen LogP) is 4.65. The van der Waals surface area contributed by atoms with Crippen LogP contribution in [0.2, 0.25) is 0 Å². The molecule has 0 heterocycles. The van der Waals surface area contributed by atoms with Crippen LogP contribution in [0.5, 0.6) is 5.75 Å². The molecule has 0 bridgehead atoms. The maximum absolute atomic E-state index is 12.5. The molecule has 0 aliphatic heterocycles. The van der Waals surface area contributed by atoms with Crippen molar-refractivity contribution in [1.29, 1.82) is 0 Å². The fourth-order valence-electron chi connectivity index (χ4n) is 2.78. The van der Waals surface area contributed by atoms with Gasteiger partial charge in [-0.15, -0.1) is 0 Å². The summed E-state index contributed by atoms with van der Waals surface area (Å²) in [6, 6.07) is 14.1. The van der Waals surface area contributed by atoms with Crippen LogP contribution in [-0.4, -0.2) is 12.0 Å². The van der Waals surface area contributed by atoms with Gasteiger partial charge in [0.15, 0.2) is 6.10 Å². The lowest BCUT2D eigenvalue weighted by atomic mass is 9.97. The van der Waals surface area contributed by atoms with E-state index in [9.17, 15) is 4.79 Å². The normalized spacial score (nSPS) is 13.2. The topological polar surface area (TPSA) is 38.3 Å². The minimum atomic E-state index is -0.535. The van der Waals surface area contributed by atoms with E-state index in [2.05, 4.69) is 44.3 Å². The first-order valence-corrected chi connectivity index (χ1v) is 8.51. The summed E-state index contributed by atoms with van der Waals surface area (Å²) in [6.45, 7) is 10.0. The molecule has 0 saturated heterocycles. The van der Waals surface area contributed by atoms with Crippen LogP contribution in [0, 0.1) is 20.8 Å². The van der Waals surface area contributed by atoms with Gasteiger partial charge in [-0.2, -0.15) is 0 Å². The van der Waals surface area contributed by atoms with Crippen molar-refractivity contribution in [2.24, 2.45) is 0 Å². The zero-order valence-electron chi connectivity index (χ0n) is 15.2. The second-order valence-corrected chi connectivity index (χ2v) is 6.40. The summed E-state index contributed by atoms with van der Waals surface area (Å²) in [5.41, 5.74) is 4.77. The monoisotopic (exact) mass is 325 g/mol. The largest absolute Gasteiger partial charge is 0.481 e. The minimum absolute atomic E-state index is 0.00201. The highest BCUT2D eigenvalue weighted by molar-refractivity contribution is 5.81. The first-order chi connectivity index (χ1) is 11.4. The highest BCUT2D eigenvalue weighted by Crippen LogP contribution is 2.22. The minimum Gasteiger partial charge on any atom is -0.481 e. The smallest absolute Gasteiger partial charge is 0.261 e. The third-order valence-corrected chi connectivity index (χ3v) is 4.23. The molecule has 0 saturated carbocycles. The molecule has 1 N–H and O–H groups in total. The lowest BCUT2D eigenvalue weighted by Gasteiger charge is -2.22. The SMILES string of the molecule is CC[C@H](NC(=O)[C@H](C)Oc1ccc(C)cc1)c1ccc(C)cc1C. The summed E-state index contributed by atoms with van der Waals surface area (Å²) < 4.78 is 5.75. The van der Waals surface area contributed by atoms with Crippen molar-refractivity contribution in [3.05, 3.63) is 64.7 Å². The number of carbonyl (C=O) groups excluding carboxylic acids is 1. The quantitative estimate of drug-likeness (QED) is 0.840.